The number of hydrogen-bond donors (Lipinski definition) is 0. The second-order valence-corrected chi connectivity index (χ2v) is 6.94. The Morgan fingerprint density at radius 1 is 1.00 bits per heavy atom. The largest absolute Gasteiger partial charge is 0.311 e. The Balaban J connectivity index is 1.73. The molecule has 0 aliphatic rings. The Kier molecular flexibility index (Phi) is 3.43. The van der Waals surface area contributed by atoms with Crippen LogP contribution in [0.2, 0.25) is 0 Å². The Morgan fingerprint density at radius 2 is 1.73 bits per heavy atom. The van der Waals surface area contributed by atoms with E-state index >= 15 is 0 Å². The zero-order chi connectivity index (χ0) is 15.1. The summed E-state index contributed by atoms with van der Waals surface area (Å²) in [5.74, 6) is 1.75. The van der Waals surface area contributed by atoms with Gasteiger partial charge in [0.15, 0.2) is 5.16 Å². The van der Waals surface area contributed by atoms with Gasteiger partial charge in [-0.1, -0.05) is 52.0 Å². The molecule has 0 aliphatic heterocycles. The third-order valence-corrected chi connectivity index (χ3v) is 5.21. The highest BCUT2D eigenvalue weighted by molar-refractivity contribution is 9.10. The third-order valence-electron chi connectivity index (χ3n) is 3.68. The van der Waals surface area contributed by atoms with Gasteiger partial charge >= 0.3 is 0 Å². The minimum absolute atomic E-state index is 0.872. The van der Waals surface area contributed by atoms with Crippen molar-refractivity contribution in [1.29, 1.82) is 0 Å². The van der Waals surface area contributed by atoms with E-state index in [-0.39, 0.29) is 0 Å². The number of aryl methyl sites for hydroxylation is 1. The van der Waals surface area contributed by atoms with Crippen LogP contribution in [-0.2, 0) is 12.8 Å². The van der Waals surface area contributed by atoms with E-state index in [9.17, 15) is 0 Å². The number of halogens is 1. The lowest BCUT2D eigenvalue weighted by molar-refractivity contribution is 0.936. The van der Waals surface area contributed by atoms with Gasteiger partial charge in [-0.25, -0.2) is 0 Å². The van der Waals surface area contributed by atoms with Gasteiger partial charge in [0, 0.05) is 17.3 Å². The molecule has 0 amide bonds. The molecule has 0 unspecified atom stereocenters. The Labute approximate surface area is 140 Å². The summed E-state index contributed by atoms with van der Waals surface area (Å²) in [6.07, 6.45) is 0. The summed E-state index contributed by atoms with van der Waals surface area (Å²) in [6.45, 7) is 0. The van der Waals surface area contributed by atoms with Crippen molar-refractivity contribution in [1.82, 2.24) is 19.2 Å². The quantitative estimate of drug-likeness (QED) is 0.503. The van der Waals surface area contributed by atoms with Crippen molar-refractivity contribution < 1.29 is 0 Å². The molecule has 4 nitrogen and oxygen atoms in total. The van der Waals surface area contributed by atoms with E-state index in [1.54, 1.807) is 11.8 Å². The van der Waals surface area contributed by atoms with E-state index in [0.29, 0.717) is 0 Å². The van der Waals surface area contributed by atoms with Crippen molar-refractivity contribution in [3.05, 3.63) is 58.6 Å². The Bertz CT molecular complexity index is 956. The van der Waals surface area contributed by atoms with Crippen LogP contribution in [0.15, 0.2) is 58.2 Å². The molecule has 2 aromatic carbocycles. The molecule has 4 rings (SSSR count). The standard InChI is InChI=1S/C16H13BrN4S/c1-20-13-4-2-3-5-14(13)21-15(20)18-19-16(21)22-10-11-6-8-12(17)9-7-11/h2-9H,10H2,1H3. The second kappa shape index (κ2) is 5.44. The number of benzene rings is 2. The van der Waals surface area contributed by atoms with Crippen LogP contribution in [0, 0.1) is 0 Å². The fourth-order valence-corrected chi connectivity index (χ4v) is 3.72. The summed E-state index contributed by atoms with van der Waals surface area (Å²) >= 11 is 5.17. The van der Waals surface area contributed by atoms with E-state index in [1.807, 2.05) is 19.2 Å². The number of thioether (sulfide) groups is 1. The van der Waals surface area contributed by atoms with E-state index in [1.165, 1.54) is 5.56 Å². The van der Waals surface area contributed by atoms with Gasteiger partial charge in [-0.3, -0.25) is 4.40 Å². The molecule has 110 valence electrons. The first-order chi connectivity index (χ1) is 10.7. The second-order valence-electron chi connectivity index (χ2n) is 5.08. The van der Waals surface area contributed by atoms with Crippen LogP contribution in [0.4, 0.5) is 0 Å². The van der Waals surface area contributed by atoms with Gasteiger partial charge in [0.25, 0.3) is 0 Å². The van der Waals surface area contributed by atoms with Crippen LogP contribution >= 0.6 is 27.7 Å². The van der Waals surface area contributed by atoms with Crippen LogP contribution in [0.5, 0.6) is 0 Å². The van der Waals surface area contributed by atoms with Gasteiger partial charge in [-0.05, 0) is 29.8 Å². The number of aromatic nitrogens is 4. The highest BCUT2D eigenvalue weighted by Crippen LogP contribution is 2.27. The van der Waals surface area contributed by atoms with Crippen molar-refractivity contribution in [2.45, 2.75) is 10.9 Å². The average Bonchev–Trinajstić information content (AvgIpc) is 3.08. The van der Waals surface area contributed by atoms with Crippen LogP contribution in [0.25, 0.3) is 16.8 Å². The molecule has 0 spiro atoms. The molecule has 0 fully saturated rings. The molecule has 0 radical (unpaired) electrons. The monoisotopic (exact) mass is 372 g/mol. The maximum Gasteiger partial charge on any atom is 0.236 e. The van der Waals surface area contributed by atoms with Crippen molar-refractivity contribution in [3.8, 4) is 0 Å². The Morgan fingerprint density at radius 3 is 2.50 bits per heavy atom. The number of imidazole rings is 1. The van der Waals surface area contributed by atoms with Crippen LogP contribution in [0.3, 0.4) is 0 Å². The summed E-state index contributed by atoms with van der Waals surface area (Å²) in [5.41, 5.74) is 3.58. The van der Waals surface area contributed by atoms with Crippen molar-refractivity contribution in [2.24, 2.45) is 7.05 Å². The van der Waals surface area contributed by atoms with Gasteiger partial charge in [0.1, 0.15) is 0 Å². The van der Waals surface area contributed by atoms with Gasteiger partial charge in [0.05, 0.1) is 11.0 Å². The number of rotatable bonds is 3. The topological polar surface area (TPSA) is 35.1 Å². The molecular weight excluding hydrogens is 360 g/mol. The number of hydrogen-bond acceptors (Lipinski definition) is 3. The first-order valence-corrected chi connectivity index (χ1v) is 8.68. The lowest BCUT2D eigenvalue weighted by Gasteiger charge is -2.00. The van der Waals surface area contributed by atoms with E-state index < -0.39 is 0 Å². The predicted molar refractivity (Wildman–Crippen MR) is 93.2 cm³/mol. The normalized spacial score (nSPS) is 11.5. The minimum Gasteiger partial charge on any atom is -0.311 e. The minimum atomic E-state index is 0.872. The fraction of sp³-hybridized carbons (Fsp3) is 0.125. The van der Waals surface area contributed by atoms with Gasteiger partial charge in [-0.2, -0.15) is 0 Å². The van der Waals surface area contributed by atoms with Gasteiger partial charge in [0.2, 0.25) is 5.78 Å². The Hall–Kier alpha value is -1.79. The van der Waals surface area contributed by atoms with E-state index in [0.717, 1.165) is 32.2 Å². The van der Waals surface area contributed by atoms with Crippen LogP contribution in [-0.4, -0.2) is 19.2 Å². The molecule has 0 atom stereocenters. The summed E-state index contributed by atoms with van der Waals surface area (Å²) in [4.78, 5) is 0. The number of para-hydroxylation sites is 2. The van der Waals surface area contributed by atoms with Gasteiger partial charge < -0.3 is 4.57 Å². The van der Waals surface area contributed by atoms with Crippen molar-refractivity contribution in [2.75, 3.05) is 0 Å². The maximum atomic E-state index is 4.34. The molecule has 0 bridgehead atoms. The summed E-state index contributed by atoms with van der Waals surface area (Å²) in [6, 6.07) is 16.7. The third kappa shape index (κ3) is 2.23. The molecular formula is C16H13BrN4S. The summed E-state index contributed by atoms with van der Waals surface area (Å²) in [7, 11) is 2.02. The molecule has 0 aliphatic carbocycles. The predicted octanol–water partition coefficient (Wildman–Crippen LogP) is 4.28. The highest BCUT2D eigenvalue weighted by Gasteiger charge is 2.14. The van der Waals surface area contributed by atoms with Crippen LogP contribution < -0.4 is 0 Å². The molecule has 2 aromatic heterocycles. The first-order valence-electron chi connectivity index (χ1n) is 6.90. The van der Waals surface area contributed by atoms with Crippen molar-refractivity contribution >= 4 is 44.5 Å². The summed E-state index contributed by atoms with van der Waals surface area (Å²) < 4.78 is 5.30. The molecule has 0 saturated carbocycles. The lowest BCUT2D eigenvalue weighted by atomic mass is 10.2. The molecule has 0 N–H and O–H groups in total. The average molecular weight is 373 g/mol. The van der Waals surface area contributed by atoms with E-state index in [4.69, 9.17) is 0 Å². The van der Waals surface area contributed by atoms with E-state index in [2.05, 4.69) is 71.5 Å². The molecule has 22 heavy (non-hydrogen) atoms. The number of nitrogens with zero attached hydrogens (tertiary/aromatic N) is 4. The molecule has 4 aromatic rings. The smallest absolute Gasteiger partial charge is 0.236 e. The number of fused-ring (bicyclic) bond motifs is 3. The molecule has 6 heteroatoms. The molecule has 0 saturated heterocycles. The highest BCUT2D eigenvalue weighted by atomic mass is 79.9. The SMILES string of the molecule is Cn1c2ccccc2n2c(SCc3ccc(Br)cc3)nnc12. The zero-order valence-electron chi connectivity index (χ0n) is 11.9. The maximum absolute atomic E-state index is 4.34. The first kappa shape index (κ1) is 13.8. The molecule has 2 heterocycles. The zero-order valence-corrected chi connectivity index (χ0v) is 14.3. The van der Waals surface area contributed by atoms with Crippen molar-refractivity contribution in [3.63, 3.8) is 0 Å². The summed E-state index contributed by atoms with van der Waals surface area (Å²) in [5, 5.41) is 9.60. The fourth-order valence-electron chi connectivity index (χ4n) is 2.56. The van der Waals surface area contributed by atoms with Crippen LogP contribution in [0.1, 0.15) is 5.56 Å². The van der Waals surface area contributed by atoms with Gasteiger partial charge in [-0.15, -0.1) is 10.2 Å². The lowest BCUT2D eigenvalue weighted by Crippen LogP contribution is -1.88.